The van der Waals surface area contributed by atoms with Crippen LogP contribution in [-0.4, -0.2) is 53.1 Å². The van der Waals surface area contributed by atoms with E-state index in [-0.39, 0.29) is 10.6 Å². The molecule has 0 spiro atoms. The summed E-state index contributed by atoms with van der Waals surface area (Å²) >= 11 is 6.09. The molecular formula is C13H19ClN4O2. The fraction of sp³-hybridized carbons (Fsp3) is 0.692. The number of rotatable bonds is 3. The molecule has 0 aromatic carbocycles. The van der Waals surface area contributed by atoms with E-state index in [4.69, 9.17) is 16.3 Å². The number of aromatic nitrogens is 2. The Labute approximate surface area is 122 Å². The smallest absolute Gasteiger partial charge is 0.287 e. The molecule has 0 aliphatic carbocycles. The van der Waals surface area contributed by atoms with E-state index in [1.165, 1.54) is 4.68 Å². The van der Waals surface area contributed by atoms with Crippen molar-refractivity contribution in [3.8, 4) is 0 Å². The zero-order valence-electron chi connectivity index (χ0n) is 11.5. The number of ether oxygens (including phenoxy) is 1. The molecule has 0 radical (unpaired) electrons. The summed E-state index contributed by atoms with van der Waals surface area (Å²) in [5.41, 5.74) is 0.364. The van der Waals surface area contributed by atoms with Gasteiger partial charge < -0.3 is 10.1 Å². The molecule has 2 saturated heterocycles. The van der Waals surface area contributed by atoms with Gasteiger partial charge in [-0.3, -0.25) is 9.69 Å². The van der Waals surface area contributed by atoms with Gasteiger partial charge in [-0.1, -0.05) is 11.6 Å². The molecule has 0 saturated carbocycles. The second-order valence-electron chi connectivity index (χ2n) is 5.47. The number of hydrogen-bond acceptors (Lipinski definition) is 5. The van der Waals surface area contributed by atoms with E-state index in [1.54, 1.807) is 13.2 Å². The first-order valence-corrected chi connectivity index (χ1v) is 7.33. The zero-order chi connectivity index (χ0) is 14.1. The molecular weight excluding hydrogens is 280 g/mol. The number of anilines is 1. The van der Waals surface area contributed by atoms with Crippen LogP contribution in [0.4, 0.5) is 5.69 Å². The minimum Gasteiger partial charge on any atom is -0.378 e. The van der Waals surface area contributed by atoms with Gasteiger partial charge in [-0.2, -0.15) is 5.10 Å². The summed E-state index contributed by atoms with van der Waals surface area (Å²) in [6, 6.07) is 0.854. The van der Waals surface area contributed by atoms with E-state index in [9.17, 15) is 4.79 Å². The highest BCUT2D eigenvalue weighted by atomic mass is 35.5. The zero-order valence-corrected chi connectivity index (χ0v) is 12.3. The maximum absolute atomic E-state index is 11.8. The van der Waals surface area contributed by atoms with Crippen LogP contribution in [0.15, 0.2) is 11.0 Å². The SMILES string of the molecule is Cn1ncc(NC2CCCN(C3COC3)C2)c(Cl)c1=O. The summed E-state index contributed by atoms with van der Waals surface area (Å²) in [7, 11) is 1.59. The third-order valence-corrected chi connectivity index (χ3v) is 4.39. The third kappa shape index (κ3) is 2.68. The Morgan fingerprint density at radius 1 is 1.50 bits per heavy atom. The number of hydrogen-bond donors (Lipinski definition) is 1. The Kier molecular flexibility index (Phi) is 3.96. The molecule has 2 fully saturated rings. The van der Waals surface area contributed by atoms with Gasteiger partial charge in [0.1, 0.15) is 5.02 Å². The van der Waals surface area contributed by atoms with Crippen molar-refractivity contribution in [3.63, 3.8) is 0 Å². The van der Waals surface area contributed by atoms with Crippen molar-refractivity contribution in [2.75, 3.05) is 31.6 Å². The van der Waals surface area contributed by atoms with Crippen molar-refractivity contribution >= 4 is 17.3 Å². The van der Waals surface area contributed by atoms with E-state index >= 15 is 0 Å². The highest BCUT2D eigenvalue weighted by molar-refractivity contribution is 6.32. The van der Waals surface area contributed by atoms with Crippen LogP contribution in [0.2, 0.25) is 5.02 Å². The Morgan fingerprint density at radius 3 is 3.00 bits per heavy atom. The molecule has 2 aliphatic heterocycles. The summed E-state index contributed by atoms with van der Waals surface area (Å²) in [5, 5.41) is 7.58. The van der Waals surface area contributed by atoms with Crippen molar-refractivity contribution in [2.24, 2.45) is 7.05 Å². The second-order valence-corrected chi connectivity index (χ2v) is 5.85. The highest BCUT2D eigenvalue weighted by Crippen LogP contribution is 2.22. The Balaban J connectivity index is 1.68. The minimum absolute atomic E-state index is 0.214. The molecule has 1 unspecified atom stereocenters. The van der Waals surface area contributed by atoms with Crippen molar-refractivity contribution in [1.29, 1.82) is 0 Å². The molecule has 7 heteroatoms. The number of likely N-dealkylation sites (tertiary alicyclic amines) is 1. The van der Waals surface area contributed by atoms with Crippen LogP contribution in [0.5, 0.6) is 0 Å². The lowest BCUT2D eigenvalue weighted by atomic mass is 10.0. The van der Waals surface area contributed by atoms with E-state index in [1.807, 2.05) is 0 Å². The average molecular weight is 299 g/mol. The van der Waals surface area contributed by atoms with Gasteiger partial charge in [-0.25, -0.2) is 4.68 Å². The topological polar surface area (TPSA) is 59.4 Å². The van der Waals surface area contributed by atoms with Crippen molar-refractivity contribution in [2.45, 2.75) is 24.9 Å². The average Bonchev–Trinajstić information content (AvgIpc) is 2.38. The molecule has 0 bridgehead atoms. The Hall–Kier alpha value is -1.11. The summed E-state index contributed by atoms with van der Waals surface area (Å²) < 4.78 is 6.49. The molecule has 1 N–H and O–H groups in total. The van der Waals surface area contributed by atoms with E-state index in [0.717, 1.165) is 39.1 Å². The van der Waals surface area contributed by atoms with Gasteiger partial charge in [-0.15, -0.1) is 0 Å². The number of nitrogens with one attached hydrogen (secondary N) is 1. The monoisotopic (exact) mass is 298 g/mol. The fourth-order valence-corrected chi connectivity index (χ4v) is 2.95. The lowest BCUT2D eigenvalue weighted by Crippen LogP contribution is -2.54. The standard InChI is InChI=1S/C13H19ClN4O2/c1-17-13(19)12(14)11(5-15-17)16-9-3-2-4-18(6-9)10-7-20-8-10/h5,9-10,16H,2-4,6-8H2,1H3. The summed E-state index contributed by atoms with van der Waals surface area (Å²) in [6.45, 7) is 3.75. The van der Waals surface area contributed by atoms with Gasteiger partial charge >= 0.3 is 0 Å². The molecule has 1 aromatic heterocycles. The molecule has 1 atom stereocenters. The largest absolute Gasteiger partial charge is 0.378 e. The molecule has 6 nitrogen and oxygen atoms in total. The molecule has 0 amide bonds. The predicted octanol–water partition coefficient (Wildman–Crippen LogP) is 0.709. The maximum Gasteiger partial charge on any atom is 0.287 e. The van der Waals surface area contributed by atoms with Gasteiger partial charge in [0.25, 0.3) is 5.56 Å². The first-order chi connectivity index (χ1) is 9.65. The molecule has 2 aliphatic rings. The molecule has 110 valence electrons. The lowest BCUT2D eigenvalue weighted by molar-refractivity contribution is -0.0710. The number of piperidine rings is 1. The van der Waals surface area contributed by atoms with Crippen LogP contribution in [0.3, 0.4) is 0 Å². The van der Waals surface area contributed by atoms with Crippen molar-refractivity contribution in [1.82, 2.24) is 14.7 Å². The minimum atomic E-state index is -0.267. The van der Waals surface area contributed by atoms with Crippen LogP contribution in [-0.2, 0) is 11.8 Å². The van der Waals surface area contributed by atoms with Crippen molar-refractivity contribution in [3.05, 3.63) is 21.6 Å². The first-order valence-electron chi connectivity index (χ1n) is 6.95. The van der Waals surface area contributed by atoms with Crippen LogP contribution >= 0.6 is 11.6 Å². The van der Waals surface area contributed by atoms with Gasteiger partial charge in [0.05, 0.1) is 31.1 Å². The van der Waals surface area contributed by atoms with Gasteiger partial charge in [0.2, 0.25) is 0 Å². The van der Waals surface area contributed by atoms with Crippen LogP contribution in [0.25, 0.3) is 0 Å². The van der Waals surface area contributed by atoms with Gasteiger partial charge in [0, 0.05) is 19.6 Å². The van der Waals surface area contributed by atoms with Gasteiger partial charge in [0.15, 0.2) is 0 Å². The second kappa shape index (κ2) is 5.71. The molecule has 1 aromatic rings. The van der Waals surface area contributed by atoms with Crippen molar-refractivity contribution < 1.29 is 4.74 Å². The summed E-state index contributed by atoms with van der Waals surface area (Å²) in [4.78, 5) is 14.2. The normalized spacial score (nSPS) is 24.4. The number of aryl methyl sites for hydroxylation is 1. The van der Waals surface area contributed by atoms with E-state index in [0.29, 0.717) is 17.8 Å². The highest BCUT2D eigenvalue weighted by Gasteiger charge is 2.30. The van der Waals surface area contributed by atoms with Gasteiger partial charge in [-0.05, 0) is 19.4 Å². The molecule has 3 rings (SSSR count). The van der Waals surface area contributed by atoms with E-state index in [2.05, 4.69) is 15.3 Å². The quantitative estimate of drug-likeness (QED) is 0.890. The van der Waals surface area contributed by atoms with Crippen LogP contribution in [0.1, 0.15) is 12.8 Å². The van der Waals surface area contributed by atoms with Crippen LogP contribution < -0.4 is 10.9 Å². The summed E-state index contributed by atoms with van der Waals surface area (Å²) in [6.07, 6.45) is 3.84. The molecule has 3 heterocycles. The first kappa shape index (κ1) is 13.9. The van der Waals surface area contributed by atoms with Crippen LogP contribution in [0, 0.1) is 0 Å². The number of nitrogens with zero attached hydrogens (tertiary/aromatic N) is 3. The Morgan fingerprint density at radius 2 is 2.30 bits per heavy atom. The lowest BCUT2D eigenvalue weighted by Gasteiger charge is -2.42. The predicted molar refractivity (Wildman–Crippen MR) is 77.3 cm³/mol. The third-order valence-electron chi connectivity index (χ3n) is 4.03. The molecule has 20 heavy (non-hydrogen) atoms. The maximum atomic E-state index is 11.8. The number of halogens is 1. The Bertz CT molecular complexity index is 544. The summed E-state index contributed by atoms with van der Waals surface area (Å²) in [5.74, 6) is 0. The van der Waals surface area contributed by atoms with E-state index < -0.39 is 0 Å². The fourth-order valence-electron chi connectivity index (χ4n) is 2.72.